The normalized spacial score (nSPS) is 12.7. The Bertz CT molecular complexity index is 536. The van der Waals surface area contributed by atoms with Crippen LogP contribution in [0.1, 0.15) is 29.3 Å². The van der Waals surface area contributed by atoms with Gasteiger partial charge in [-0.25, -0.2) is 4.39 Å². The molecule has 2 rings (SSSR count). The molecule has 1 unspecified atom stereocenters. The Labute approximate surface area is 106 Å². The minimum atomic E-state index is -0.777. The summed E-state index contributed by atoms with van der Waals surface area (Å²) < 4.78 is 15.4. The average Bonchev–Trinajstić information content (AvgIpc) is 2.72. The predicted molar refractivity (Wildman–Crippen MR) is 67.6 cm³/mol. The van der Waals surface area contributed by atoms with Gasteiger partial charge in [0.15, 0.2) is 0 Å². The zero-order chi connectivity index (χ0) is 13.1. The fourth-order valence-corrected chi connectivity index (χ4v) is 1.99. The third-order valence-corrected chi connectivity index (χ3v) is 3.11. The van der Waals surface area contributed by atoms with Crippen LogP contribution in [0.4, 0.5) is 4.39 Å². The minimum absolute atomic E-state index is 0.340. The minimum Gasteiger partial charge on any atom is -0.388 e. The molecule has 2 aromatic rings. The summed E-state index contributed by atoms with van der Waals surface area (Å²) in [4.78, 5) is 0. The maximum absolute atomic E-state index is 13.7. The van der Waals surface area contributed by atoms with Crippen molar-refractivity contribution in [2.24, 2.45) is 7.05 Å². The van der Waals surface area contributed by atoms with E-state index in [1.807, 2.05) is 26.1 Å². The zero-order valence-corrected chi connectivity index (χ0v) is 10.6. The lowest BCUT2D eigenvalue weighted by Gasteiger charge is -2.12. The van der Waals surface area contributed by atoms with E-state index in [1.165, 1.54) is 6.07 Å². The van der Waals surface area contributed by atoms with Crippen LogP contribution in [0.5, 0.6) is 0 Å². The summed E-state index contributed by atoms with van der Waals surface area (Å²) in [5.41, 5.74) is 2.25. The van der Waals surface area contributed by atoms with Gasteiger partial charge in [-0.1, -0.05) is 12.1 Å². The van der Waals surface area contributed by atoms with E-state index in [9.17, 15) is 9.50 Å². The largest absolute Gasteiger partial charge is 0.388 e. The SMILES string of the molecule is Cc1ccc(C(O)CCc2ccnn2C)c(F)c1. The van der Waals surface area contributed by atoms with Crippen LogP contribution in [0.15, 0.2) is 30.5 Å². The van der Waals surface area contributed by atoms with Crippen molar-refractivity contribution in [3.8, 4) is 0 Å². The highest BCUT2D eigenvalue weighted by molar-refractivity contribution is 5.25. The summed E-state index contributed by atoms with van der Waals surface area (Å²) in [5, 5.41) is 14.1. The molecule has 0 radical (unpaired) electrons. The van der Waals surface area contributed by atoms with Crippen LogP contribution in [0.2, 0.25) is 0 Å². The van der Waals surface area contributed by atoms with Crippen LogP contribution in [0.3, 0.4) is 0 Å². The van der Waals surface area contributed by atoms with Gasteiger partial charge in [-0.15, -0.1) is 0 Å². The van der Waals surface area contributed by atoms with Crippen LogP contribution in [-0.4, -0.2) is 14.9 Å². The van der Waals surface area contributed by atoms with Gasteiger partial charge in [0.25, 0.3) is 0 Å². The molecule has 1 heterocycles. The molecule has 96 valence electrons. The van der Waals surface area contributed by atoms with Crippen molar-refractivity contribution < 1.29 is 9.50 Å². The van der Waals surface area contributed by atoms with E-state index in [2.05, 4.69) is 5.10 Å². The molecular formula is C14H17FN2O. The van der Waals surface area contributed by atoms with E-state index in [0.29, 0.717) is 18.4 Å². The number of hydrogen-bond donors (Lipinski definition) is 1. The molecule has 0 bridgehead atoms. The van der Waals surface area contributed by atoms with Gasteiger partial charge in [-0.05, 0) is 37.5 Å². The maximum Gasteiger partial charge on any atom is 0.129 e. The fraction of sp³-hybridized carbons (Fsp3) is 0.357. The van der Waals surface area contributed by atoms with Crippen molar-refractivity contribution in [2.75, 3.05) is 0 Å². The van der Waals surface area contributed by atoms with Crippen LogP contribution >= 0.6 is 0 Å². The molecule has 0 amide bonds. The molecule has 1 aromatic carbocycles. The van der Waals surface area contributed by atoms with E-state index >= 15 is 0 Å². The number of hydrogen-bond acceptors (Lipinski definition) is 2. The number of rotatable bonds is 4. The second kappa shape index (κ2) is 5.31. The molecule has 1 aromatic heterocycles. The summed E-state index contributed by atoms with van der Waals surface area (Å²) in [6.07, 6.45) is 2.10. The van der Waals surface area contributed by atoms with E-state index in [1.54, 1.807) is 16.9 Å². The first-order valence-corrected chi connectivity index (χ1v) is 5.99. The third-order valence-electron chi connectivity index (χ3n) is 3.11. The van der Waals surface area contributed by atoms with Gasteiger partial charge >= 0.3 is 0 Å². The monoisotopic (exact) mass is 248 g/mol. The van der Waals surface area contributed by atoms with Crippen LogP contribution in [0, 0.1) is 12.7 Å². The quantitative estimate of drug-likeness (QED) is 0.903. The van der Waals surface area contributed by atoms with Gasteiger partial charge in [-0.2, -0.15) is 5.10 Å². The van der Waals surface area contributed by atoms with Gasteiger partial charge < -0.3 is 5.11 Å². The number of halogens is 1. The molecule has 0 spiro atoms. The Kier molecular flexibility index (Phi) is 3.77. The molecule has 0 saturated carbocycles. The van der Waals surface area contributed by atoms with E-state index in [0.717, 1.165) is 11.3 Å². The molecule has 0 saturated heterocycles. The lowest BCUT2D eigenvalue weighted by molar-refractivity contribution is 0.162. The van der Waals surface area contributed by atoms with Crippen molar-refractivity contribution in [1.82, 2.24) is 9.78 Å². The van der Waals surface area contributed by atoms with Crippen molar-refractivity contribution >= 4 is 0 Å². The maximum atomic E-state index is 13.7. The Balaban J connectivity index is 2.03. The van der Waals surface area contributed by atoms with Gasteiger partial charge in [0, 0.05) is 24.5 Å². The molecule has 18 heavy (non-hydrogen) atoms. The summed E-state index contributed by atoms with van der Waals surface area (Å²) >= 11 is 0. The molecule has 3 nitrogen and oxygen atoms in total. The summed E-state index contributed by atoms with van der Waals surface area (Å²) in [7, 11) is 1.86. The van der Waals surface area contributed by atoms with Crippen molar-refractivity contribution in [2.45, 2.75) is 25.9 Å². The summed E-state index contributed by atoms with van der Waals surface area (Å²) in [6, 6.07) is 6.81. The Morgan fingerprint density at radius 1 is 1.39 bits per heavy atom. The number of aliphatic hydroxyl groups is 1. The van der Waals surface area contributed by atoms with Gasteiger partial charge in [0.05, 0.1) is 6.10 Å². The second-order valence-electron chi connectivity index (χ2n) is 4.53. The van der Waals surface area contributed by atoms with Gasteiger partial charge in [0.1, 0.15) is 5.82 Å². The van der Waals surface area contributed by atoms with E-state index in [-0.39, 0.29) is 5.82 Å². The lowest BCUT2D eigenvalue weighted by atomic mass is 10.0. The number of benzene rings is 1. The fourth-order valence-electron chi connectivity index (χ4n) is 1.99. The lowest BCUT2D eigenvalue weighted by Crippen LogP contribution is -2.05. The smallest absolute Gasteiger partial charge is 0.129 e. The first kappa shape index (κ1) is 12.8. The first-order chi connectivity index (χ1) is 8.58. The first-order valence-electron chi connectivity index (χ1n) is 5.99. The average molecular weight is 248 g/mol. The molecule has 0 aliphatic carbocycles. The van der Waals surface area contributed by atoms with Crippen molar-refractivity contribution in [3.05, 3.63) is 53.1 Å². The van der Waals surface area contributed by atoms with Crippen molar-refractivity contribution in [3.63, 3.8) is 0 Å². The Hall–Kier alpha value is -1.68. The molecule has 0 fully saturated rings. The number of aromatic nitrogens is 2. The highest BCUT2D eigenvalue weighted by Crippen LogP contribution is 2.22. The standard InChI is InChI=1S/C14H17FN2O/c1-10-3-5-12(13(15)9-10)14(18)6-4-11-7-8-16-17(11)2/h3,5,7-9,14,18H,4,6H2,1-2H3. The summed E-state index contributed by atoms with van der Waals surface area (Å²) in [5.74, 6) is -0.340. The highest BCUT2D eigenvalue weighted by atomic mass is 19.1. The Morgan fingerprint density at radius 2 is 2.17 bits per heavy atom. The number of nitrogens with zero attached hydrogens (tertiary/aromatic N) is 2. The zero-order valence-electron chi connectivity index (χ0n) is 10.6. The highest BCUT2D eigenvalue weighted by Gasteiger charge is 2.13. The van der Waals surface area contributed by atoms with E-state index in [4.69, 9.17) is 0 Å². The molecule has 4 heteroatoms. The second-order valence-corrected chi connectivity index (χ2v) is 4.53. The third kappa shape index (κ3) is 2.76. The molecule has 0 aliphatic rings. The van der Waals surface area contributed by atoms with Crippen LogP contribution in [-0.2, 0) is 13.5 Å². The van der Waals surface area contributed by atoms with Gasteiger partial charge in [-0.3, -0.25) is 4.68 Å². The summed E-state index contributed by atoms with van der Waals surface area (Å²) in [6.45, 7) is 1.83. The van der Waals surface area contributed by atoms with Crippen molar-refractivity contribution in [1.29, 1.82) is 0 Å². The Morgan fingerprint density at radius 3 is 2.78 bits per heavy atom. The van der Waals surface area contributed by atoms with Gasteiger partial charge in [0.2, 0.25) is 0 Å². The number of aryl methyl sites for hydroxylation is 3. The molecule has 1 N–H and O–H groups in total. The molecular weight excluding hydrogens is 231 g/mol. The van der Waals surface area contributed by atoms with E-state index < -0.39 is 6.10 Å². The molecule has 1 atom stereocenters. The molecule has 0 aliphatic heterocycles. The topological polar surface area (TPSA) is 38.1 Å². The predicted octanol–water partition coefficient (Wildman–Crippen LogP) is 2.53. The van der Waals surface area contributed by atoms with Crippen LogP contribution in [0.25, 0.3) is 0 Å². The number of aliphatic hydroxyl groups excluding tert-OH is 1. The van der Waals surface area contributed by atoms with Crippen LogP contribution < -0.4 is 0 Å².